The van der Waals surface area contributed by atoms with Gasteiger partial charge in [0.1, 0.15) is 17.1 Å². The van der Waals surface area contributed by atoms with Crippen molar-refractivity contribution in [1.82, 2.24) is 15.0 Å². The molecule has 6 nitrogen and oxygen atoms in total. The molecular weight excluding hydrogens is 325 g/mol. The molecule has 0 aromatic carbocycles. The second-order valence-corrected chi connectivity index (χ2v) is 5.87. The third-order valence-corrected chi connectivity index (χ3v) is 3.81. The van der Waals surface area contributed by atoms with Crippen LogP contribution in [0.2, 0.25) is 10.2 Å². The first-order chi connectivity index (χ1) is 10.6. The van der Waals surface area contributed by atoms with Crippen LogP contribution in [0.3, 0.4) is 0 Å². The number of halogens is 2. The average molecular weight is 340 g/mol. The molecule has 3 rings (SSSR count). The summed E-state index contributed by atoms with van der Waals surface area (Å²) >= 11 is 11.8. The Morgan fingerprint density at radius 1 is 1.27 bits per heavy atom. The van der Waals surface area contributed by atoms with Crippen LogP contribution in [0.25, 0.3) is 0 Å². The summed E-state index contributed by atoms with van der Waals surface area (Å²) in [7, 11) is 0. The van der Waals surface area contributed by atoms with E-state index in [9.17, 15) is 0 Å². The Labute approximate surface area is 138 Å². The number of nitrogens with two attached hydrogens (primary N) is 1. The van der Waals surface area contributed by atoms with Crippen LogP contribution in [0.1, 0.15) is 12.8 Å². The van der Waals surface area contributed by atoms with Crippen LogP contribution in [-0.4, -0.2) is 34.1 Å². The number of hydrogen-bond donors (Lipinski definition) is 1. The molecule has 2 aromatic rings. The highest BCUT2D eigenvalue weighted by Gasteiger charge is 2.23. The van der Waals surface area contributed by atoms with Gasteiger partial charge in [0.15, 0.2) is 0 Å². The number of piperidine rings is 1. The molecular formula is C14H15Cl2N5O. The number of nitrogen functional groups attached to an aromatic ring is 1. The number of aromatic nitrogens is 3. The van der Waals surface area contributed by atoms with Crippen LogP contribution >= 0.6 is 23.2 Å². The standard InChI is InChI=1S/C14H15Cl2N5O/c15-9-3-4-13(18-7-9)22-10-2-1-5-21(8-10)12-6-11(16)19-14(17)20-12/h3-4,6-7,10H,1-2,5,8H2,(H2,17,19,20). The van der Waals surface area contributed by atoms with Gasteiger partial charge in [-0.1, -0.05) is 23.2 Å². The van der Waals surface area contributed by atoms with E-state index in [4.69, 9.17) is 33.7 Å². The van der Waals surface area contributed by atoms with Crippen molar-refractivity contribution in [3.8, 4) is 5.88 Å². The van der Waals surface area contributed by atoms with Crippen LogP contribution in [0.15, 0.2) is 24.4 Å². The van der Waals surface area contributed by atoms with Crippen molar-refractivity contribution >= 4 is 35.0 Å². The van der Waals surface area contributed by atoms with Gasteiger partial charge in [-0.2, -0.15) is 4.98 Å². The second-order valence-electron chi connectivity index (χ2n) is 5.05. The normalized spacial score (nSPS) is 18.3. The highest BCUT2D eigenvalue weighted by molar-refractivity contribution is 6.30. The van der Waals surface area contributed by atoms with Crippen LogP contribution in [-0.2, 0) is 0 Å². The number of rotatable bonds is 3. The van der Waals surface area contributed by atoms with Crippen LogP contribution < -0.4 is 15.4 Å². The fourth-order valence-electron chi connectivity index (χ4n) is 2.43. The maximum Gasteiger partial charge on any atom is 0.223 e. The average Bonchev–Trinajstić information content (AvgIpc) is 2.49. The molecule has 8 heteroatoms. The van der Waals surface area contributed by atoms with Crippen molar-refractivity contribution < 1.29 is 4.74 Å². The summed E-state index contributed by atoms with van der Waals surface area (Å²) in [5.74, 6) is 1.45. The van der Waals surface area contributed by atoms with E-state index < -0.39 is 0 Å². The van der Waals surface area contributed by atoms with Gasteiger partial charge < -0.3 is 15.4 Å². The van der Waals surface area contributed by atoms with E-state index in [0.29, 0.717) is 22.6 Å². The molecule has 0 saturated carbocycles. The lowest BCUT2D eigenvalue weighted by molar-refractivity contribution is 0.172. The molecule has 0 spiro atoms. The zero-order chi connectivity index (χ0) is 15.5. The summed E-state index contributed by atoms with van der Waals surface area (Å²) < 4.78 is 5.90. The molecule has 1 aliphatic rings. The van der Waals surface area contributed by atoms with Gasteiger partial charge in [0, 0.05) is 24.9 Å². The number of hydrogen-bond acceptors (Lipinski definition) is 6. The Bertz CT molecular complexity index is 632. The van der Waals surface area contributed by atoms with E-state index in [-0.39, 0.29) is 12.1 Å². The maximum absolute atomic E-state index is 5.94. The maximum atomic E-state index is 5.94. The second kappa shape index (κ2) is 6.54. The topological polar surface area (TPSA) is 77.2 Å². The Kier molecular flexibility index (Phi) is 4.49. The summed E-state index contributed by atoms with van der Waals surface area (Å²) in [4.78, 5) is 14.4. The molecule has 2 N–H and O–H groups in total. The molecule has 0 amide bonds. The van der Waals surface area contributed by atoms with Crippen molar-refractivity contribution in [2.75, 3.05) is 23.7 Å². The minimum atomic E-state index is 0.0254. The molecule has 1 atom stereocenters. The Morgan fingerprint density at radius 2 is 2.14 bits per heavy atom. The van der Waals surface area contributed by atoms with E-state index in [0.717, 1.165) is 25.2 Å². The zero-order valence-corrected chi connectivity index (χ0v) is 13.3. The van der Waals surface area contributed by atoms with E-state index in [2.05, 4.69) is 19.9 Å². The smallest absolute Gasteiger partial charge is 0.223 e. The Morgan fingerprint density at radius 3 is 2.86 bits per heavy atom. The minimum Gasteiger partial charge on any atom is -0.472 e. The molecule has 0 bridgehead atoms. The number of ether oxygens (including phenoxy) is 1. The molecule has 3 heterocycles. The first-order valence-electron chi connectivity index (χ1n) is 6.93. The Balaban J connectivity index is 1.69. The number of nitrogens with zero attached hydrogens (tertiary/aromatic N) is 4. The highest BCUT2D eigenvalue weighted by Crippen LogP contribution is 2.23. The Hall–Kier alpha value is -1.79. The van der Waals surface area contributed by atoms with Crippen LogP contribution in [0.4, 0.5) is 11.8 Å². The van der Waals surface area contributed by atoms with Crippen LogP contribution in [0.5, 0.6) is 5.88 Å². The molecule has 1 unspecified atom stereocenters. The highest BCUT2D eigenvalue weighted by atomic mass is 35.5. The SMILES string of the molecule is Nc1nc(Cl)cc(N2CCCC(Oc3ccc(Cl)cn3)C2)n1. The largest absolute Gasteiger partial charge is 0.472 e. The van der Waals surface area contributed by atoms with E-state index in [1.165, 1.54) is 0 Å². The third kappa shape index (κ3) is 3.69. The number of pyridine rings is 1. The first kappa shape index (κ1) is 15.1. The van der Waals surface area contributed by atoms with Crippen molar-refractivity contribution in [2.45, 2.75) is 18.9 Å². The van der Waals surface area contributed by atoms with Gasteiger partial charge in [-0.25, -0.2) is 9.97 Å². The summed E-state index contributed by atoms with van der Waals surface area (Å²) in [6.45, 7) is 1.57. The molecule has 1 aliphatic heterocycles. The van der Waals surface area contributed by atoms with E-state index in [1.807, 2.05) is 0 Å². The molecule has 0 radical (unpaired) electrons. The molecule has 1 saturated heterocycles. The lowest BCUT2D eigenvalue weighted by Gasteiger charge is -2.33. The monoisotopic (exact) mass is 339 g/mol. The fraction of sp³-hybridized carbons (Fsp3) is 0.357. The zero-order valence-electron chi connectivity index (χ0n) is 11.7. The van der Waals surface area contributed by atoms with E-state index in [1.54, 1.807) is 24.4 Å². The first-order valence-corrected chi connectivity index (χ1v) is 7.69. The lowest BCUT2D eigenvalue weighted by atomic mass is 10.1. The molecule has 116 valence electrons. The van der Waals surface area contributed by atoms with Gasteiger partial charge in [-0.3, -0.25) is 0 Å². The predicted molar refractivity (Wildman–Crippen MR) is 86.6 cm³/mol. The summed E-state index contributed by atoms with van der Waals surface area (Å²) in [6.07, 6.45) is 3.54. The van der Waals surface area contributed by atoms with Gasteiger partial charge >= 0.3 is 0 Å². The summed E-state index contributed by atoms with van der Waals surface area (Å²) in [6, 6.07) is 5.23. The van der Waals surface area contributed by atoms with Crippen molar-refractivity contribution in [2.24, 2.45) is 0 Å². The number of anilines is 2. The summed E-state index contributed by atoms with van der Waals surface area (Å²) in [5, 5.41) is 0.925. The van der Waals surface area contributed by atoms with Gasteiger partial charge in [-0.15, -0.1) is 0 Å². The molecule has 2 aromatic heterocycles. The van der Waals surface area contributed by atoms with Crippen LogP contribution in [0, 0.1) is 0 Å². The van der Waals surface area contributed by atoms with Crippen molar-refractivity contribution in [3.63, 3.8) is 0 Å². The molecule has 22 heavy (non-hydrogen) atoms. The fourth-order valence-corrected chi connectivity index (χ4v) is 2.73. The molecule has 0 aliphatic carbocycles. The third-order valence-electron chi connectivity index (χ3n) is 3.39. The van der Waals surface area contributed by atoms with Gasteiger partial charge in [0.05, 0.1) is 11.6 Å². The van der Waals surface area contributed by atoms with Gasteiger partial charge in [0.2, 0.25) is 11.8 Å². The summed E-state index contributed by atoms with van der Waals surface area (Å²) in [5.41, 5.74) is 5.65. The molecule has 1 fully saturated rings. The van der Waals surface area contributed by atoms with Gasteiger partial charge in [-0.05, 0) is 18.9 Å². The quantitative estimate of drug-likeness (QED) is 0.866. The predicted octanol–water partition coefficient (Wildman–Crippen LogP) is 2.81. The van der Waals surface area contributed by atoms with Gasteiger partial charge in [0.25, 0.3) is 0 Å². The lowest BCUT2D eigenvalue weighted by Crippen LogP contribution is -2.41. The van der Waals surface area contributed by atoms with Crippen molar-refractivity contribution in [1.29, 1.82) is 0 Å². The van der Waals surface area contributed by atoms with Crippen molar-refractivity contribution in [3.05, 3.63) is 34.6 Å². The van der Waals surface area contributed by atoms with E-state index >= 15 is 0 Å². The minimum absolute atomic E-state index is 0.0254.